The zero-order valence-corrected chi connectivity index (χ0v) is 11.7. The fraction of sp³-hybridized carbons (Fsp3) is 0.188. The minimum Gasteiger partial charge on any atom is -0.330 e. The molecule has 1 amide bonds. The van der Waals surface area contributed by atoms with Crippen LogP contribution in [0.3, 0.4) is 0 Å². The molecule has 3 heteroatoms. The molecule has 0 bridgehead atoms. The predicted molar refractivity (Wildman–Crippen MR) is 78.5 cm³/mol. The van der Waals surface area contributed by atoms with Gasteiger partial charge < -0.3 is 4.90 Å². The van der Waals surface area contributed by atoms with Crippen LogP contribution in [0.4, 0.5) is 0 Å². The third-order valence-electron chi connectivity index (χ3n) is 3.58. The van der Waals surface area contributed by atoms with Gasteiger partial charge in [0.15, 0.2) is 0 Å². The van der Waals surface area contributed by atoms with Crippen molar-refractivity contribution in [3.8, 4) is 0 Å². The lowest BCUT2D eigenvalue weighted by atomic mass is 10.1. The molecule has 0 N–H and O–H groups in total. The molecule has 0 unspecified atom stereocenters. The maximum absolute atomic E-state index is 12.6. The summed E-state index contributed by atoms with van der Waals surface area (Å²) in [5, 5.41) is 0. The van der Waals surface area contributed by atoms with Crippen LogP contribution in [0.5, 0.6) is 0 Å². The molecule has 19 heavy (non-hydrogen) atoms. The highest BCUT2D eigenvalue weighted by Gasteiger charge is 2.24. The fourth-order valence-corrected chi connectivity index (χ4v) is 2.69. The van der Waals surface area contributed by atoms with Crippen molar-refractivity contribution in [1.82, 2.24) is 4.90 Å². The molecule has 0 aliphatic carbocycles. The predicted octanol–water partition coefficient (Wildman–Crippen LogP) is 3.44. The number of rotatable bonds is 1. The molecule has 1 heterocycles. The number of carbonyl (C=O) groups excluding carboxylic acids is 1. The Hall–Kier alpha value is -1.74. The van der Waals surface area contributed by atoms with E-state index >= 15 is 0 Å². The first kappa shape index (κ1) is 12.3. The highest BCUT2D eigenvalue weighted by molar-refractivity contribution is 7.80. The maximum Gasteiger partial charge on any atom is 0.254 e. The van der Waals surface area contributed by atoms with Gasteiger partial charge in [0.2, 0.25) is 0 Å². The number of nitrogens with zero attached hydrogens (tertiary/aromatic N) is 1. The standard InChI is InChI=1S/C16H15NOS/c1-11-6-7-14(19)8-15(11)16(18)17-9-12-4-2-3-5-13(12)10-17/h2-8,19H,9-10H2,1H3. The van der Waals surface area contributed by atoms with Crippen molar-refractivity contribution in [2.24, 2.45) is 0 Å². The van der Waals surface area contributed by atoms with Crippen LogP contribution in [0.25, 0.3) is 0 Å². The monoisotopic (exact) mass is 269 g/mol. The fourth-order valence-electron chi connectivity index (χ4n) is 2.49. The molecule has 0 radical (unpaired) electrons. The molecule has 3 rings (SSSR count). The molecular formula is C16H15NOS. The Balaban J connectivity index is 1.89. The largest absolute Gasteiger partial charge is 0.330 e. The lowest BCUT2D eigenvalue weighted by molar-refractivity contribution is 0.0750. The second-order valence-corrected chi connectivity index (χ2v) is 5.45. The zero-order valence-electron chi connectivity index (χ0n) is 10.8. The van der Waals surface area contributed by atoms with E-state index in [-0.39, 0.29) is 5.91 Å². The van der Waals surface area contributed by atoms with Gasteiger partial charge in [0.25, 0.3) is 5.91 Å². The molecule has 0 saturated carbocycles. The SMILES string of the molecule is Cc1ccc(S)cc1C(=O)N1Cc2ccccc2C1. The van der Waals surface area contributed by atoms with Crippen LogP contribution < -0.4 is 0 Å². The first-order valence-electron chi connectivity index (χ1n) is 6.31. The number of thiol groups is 1. The first-order chi connectivity index (χ1) is 9.15. The van der Waals surface area contributed by atoms with E-state index in [0.717, 1.165) is 16.0 Å². The van der Waals surface area contributed by atoms with Gasteiger partial charge in [-0.25, -0.2) is 0 Å². The van der Waals surface area contributed by atoms with Crippen LogP contribution in [0, 0.1) is 6.92 Å². The topological polar surface area (TPSA) is 20.3 Å². The summed E-state index contributed by atoms with van der Waals surface area (Å²) in [5.74, 6) is 0.0876. The minimum atomic E-state index is 0.0876. The molecule has 2 aromatic rings. The van der Waals surface area contributed by atoms with Crippen LogP contribution in [-0.4, -0.2) is 10.8 Å². The molecule has 0 fully saturated rings. The number of carbonyl (C=O) groups is 1. The van der Waals surface area contributed by atoms with E-state index in [1.54, 1.807) is 0 Å². The van der Waals surface area contributed by atoms with Gasteiger partial charge in [0, 0.05) is 23.5 Å². The Bertz CT molecular complexity index is 626. The summed E-state index contributed by atoms with van der Waals surface area (Å²) in [7, 11) is 0. The molecule has 1 aliphatic rings. The van der Waals surface area contributed by atoms with E-state index < -0.39 is 0 Å². The lowest BCUT2D eigenvalue weighted by Crippen LogP contribution is -2.26. The average Bonchev–Trinajstić information content (AvgIpc) is 2.84. The van der Waals surface area contributed by atoms with Gasteiger partial charge in [-0.1, -0.05) is 30.3 Å². The van der Waals surface area contributed by atoms with Gasteiger partial charge >= 0.3 is 0 Å². The van der Waals surface area contributed by atoms with E-state index in [1.165, 1.54) is 11.1 Å². The Morgan fingerprint density at radius 3 is 2.37 bits per heavy atom. The van der Waals surface area contributed by atoms with E-state index in [9.17, 15) is 4.79 Å². The third kappa shape index (κ3) is 2.26. The van der Waals surface area contributed by atoms with E-state index in [0.29, 0.717) is 13.1 Å². The minimum absolute atomic E-state index is 0.0876. The molecule has 1 aliphatic heterocycles. The van der Waals surface area contributed by atoms with Gasteiger partial charge in [-0.3, -0.25) is 4.79 Å². The van der Waals surface area contributed by atoms with Gasteiger partial charge in [0.05, 0.1) is 0 Å². The number of benzene rings is 2. The summed E-state index contributed by atoms with van der Waals surface area (Å²) >= 11 is 4.32. The van der Waals surface area contributed by atoms with Crippen LogP contribution >= 0.6 is 12.6 Å². The molecule has 96 valence electrons. The van der Waals surface area contributed by atoms with Crippen LogP contribution in [0.15, 0.2) is 47.4 Å². The van der Waals surface area contributed by atoms with E-state index in [4.69, 9.17) is 0 Å². The normalized spacial score (nSPS) is 13.5. The summed E-state index contributed by atoms with van der Waals surface area (Å²) in [5.41, 5.74) is 4.24. The molecule has 2 nitrogen and oxygen atoms in total. The number of hydrogen-bond acceptors (Lipinski definition) is 2. The number of fused-ring (bicyclic) bond motifs is 1. The quantitative estimate of drug-likeness (QED) is 0.786. The van der Waals surface area contributed by atoms with Crippen molar-refractivity contribution in [3.63, 3.8) is 0 Å². The van der Waals surface area contributed by atoms with Crippen LogP contribution in [0.2, 0.25) is 0 Å². The summed E-state index contributed by atoms with van der Waals surface area (Å²) < 4.78 is 0. The summed E-state index contributed by atoms with van der Waals surface area (Å²) in [6.07, 6.45) is 0. The van der Waals surface area contributed by atoms with Crippen molar-refractivity contribution < 1.29 is 4.79 Å². The van der Waals surface area contributed by atoms with Crippen LogP contribution in [0.1, 0.15) is 27.0 Å². The summed E-state index contributed by atoms with van der Waals surface area (Å²) in [6, 6.07) is 13.9. The third-order valence-corrected chi connectivity index (χ3v) is 3.86. The highest BCUT2D eigenvalue weighted by atomic mass is 32.1. The Morgan fingerprint density at radius 1 is 1.11 bits per heavy atom. The van der Waals surface area contributed by atoms with Gasteiger partial charge in [0.1, 0.15) is 0 Å². The number of aryl methyl sites for hydroxylation is 1. The Kier molecular flexibility index (Phi) is 3.07. The lowest BCUT2D eigenvalue weighted by Gasteiger charge is -2.17. The Morgan fingerprint density at radius 2 is 1.74 bits per heavy atom. The van der Waals surface area contributed by atoms with E-state index in [2.05, 4.69) is 24.8 Å². The van der Waals surface area contributed by atoms with Gasteiger partial charge in [-0.2, -0.15) is 0 Å². The second kappa shape index (κ2) is 4.74. The molecule has 0 saturated heterocycles. The molecule has 0 atom stereocenters. The summed E-state index contributed by atoms with van der Waals surface area (Å²) in [6.45, 7) is 3.36. The first-order valence-corrected chi connectivity index (χ1v) is 6.75. The van der Waals surface area contributed by atoms with Crippen LogP contribution in [-0.2, 0) is 13.1 Å². The number of amides is 1. The average molecular weight is 269 g/mol. The Labute approximate surface area is 118 Å². The maximum atomic E-state index is 12.6. The van der Waals surface area contributed by atoms with Crippen molar-refractivity contribution in [3.05, 3.63) is 64.7 Å². The number of hydrogen-bond donors (Lipinski definition) is 1. The second-order valence-electron chi connectivity index (χ2n) is 4.93. The zero-order chi connectivity index (χ0) is 13.4. The smallest absolute Gasteiger partial charge is 0.254 e. The van der Waals surface area contributed by atoms with Gasteiger partial charge in [-0.05, 0) is 35.7 Å². The molecule has 2 aromatic carbocycles. The van der Waals surface area contributed by atoms with Crippen molar-refractivity contribution in [2.45, 2.75) is 24.9 Å². The summed E-state index contributed by atoms with van der Waals surface area (Å²) in [4.78, 5) is 15.3. The molecule has 0 spiro atoms. The molecule has 0 aromatic heterocycles. The van der Waals surface area contributed by atoms with Crippen molar-refractivity contribution in [1.29, 1.82) is 0 Å². The molecular weight excluding hydrogens is 254 g/mol. The van der Waals surface area contributed by atoms with Crippen molar-refractivity contribution >= 4 is 18.5 Å². The highest BCUT2D eigenvalue weighted by Crippen LogP contribution is 2.25. The van der Waals surface area contributed by atoms with Gasteiger partial charge in [-0.15, -0.1) is 12.6 Å². The van der Waals surface area contributed by atoms with Crippen molar-refractivity contribution in [2.75, 3.05) is 0 Å². The van der Waals surface area contributed by atoms with E-state index in [1.807, 2.05) is 42.2 Å².